The number of anilines is 1. The van der Waals surface area contributed by atoms with Crippen LogP contribution in [0.25, 0.3) is 27.3 Å². The summed E-state index contributed by atoms with van der Waals surface area (Å²) in [5.74, 6) is 0.590. The molecular formula is C26H21N3O2S. The summed E-state index contributed by atoms with van der Waals surface area (Å²) in [5, 5.41) is 2.81. The van der Waals surface area contributed by atoms with E-state index in [-0.39, 0.29) is 5.78 Å². The van der Waals surface area contributed by atoms with E-state index in [1.165, 1.54) is 11.3 Å². The van der Waals surface area contributed by atoms with Crippen LogP contribution in [0.4, 0.5) is 5.69 Å². The Kier molecular flexibility index (Phi) is 5.21. The van der Waals surface area contributed by atoms with E-state index in [1.54, 1.807) is 24.3 Å². The van der Waals surface area contributed by atoms with Crippen LogP contribution in [0.15, 0.2) is 84.4 Å². The van der Waals surface area contributed by atoms with E-state index in [4.69, 9.17) is 15.5 Å². The van der Waals surface area contributed by atoms with E-state index in [9.17, 15) is 4.79 Å². The molecular weight excluding hydrogens is 418 g/mol. The van der Waals surface area contributed by atoms with Crippen molar-refractivity contribution in [3.8, 4) is 27.6 Å². The number of hydrogen-bond acceptors (Lipinski definition) is 5. The molecule has 5 aromatic rings. The van der Waals surface area contributed by atoms with Gasteiger partial charge in [-0.05, 0) is 43.3 Å². The van der Waals surface area contributed by atoms with E-state index in [1.807, 2.05) is 71.4 Å². The highest BCUT2D eigenvalue weighted by Gasteiger charge is 2.25. The Hall–Kier alpha value is -3.90. The number of benzene rings is 2. The lowest BCUT2D eigenvalue weighted by molar-refractivity contribution is 0.103. The zero-order valence-electron chi connectivity index (χ0n) is 17.5. The fraction of sp³-hybridized carbons (Fsp3) is 0.0769. The van der Waals surface area contributed by atoms with Gasteiger partial charge in [0.2, 0.25) is 5.78 Å². The standard InChI is InChI=1S/C26H21N3O2S/c1-2-31-19-13-11-18(12-14-19)25(30)24-23(27)22(21-10-6-7-15-29(21)24)26-28-20(16-32-26)17-8-4-3-5-9-17/h3-16H,2,27H2,1H3. The Morgan fingerprint density at radius 3 is 2.53 bits per heavy atom. The fourth-order valence-corrected chi connectivity index (χ4v) is 4.72. The van der Waals surface area contributed by atoms with Crippen LogP contribution in [0.5, 0.6) is 5.75 Å². The largest absolute Gasteiger partial charge is 0.494 e. The quantitative estimate of drug-likeness (QED) is 0.332. The van der Waals surface area contributed by atoms with Gasteiger partial charge in [0.05, 0.1) is 29.1 Å². The first kappa shape index (κ1) is 20.0. The van der Waals surface area contributed by atoms with Gasteiger partial charge in [0.1, 0.15) is 16.5 Å². The smallest absolute Gasteiger partial charge is 0.211 e. The number of rotatable bonds is 6. The first-order chi connectivity index (χ1) is 15.7. The number of nitrogens with two attached hydrogens (primary N) is 1. The van der Waals surface area contributed by atoms with Crippen LogP contribution in [0.1, 0.15) is 23.0 Å². The van der Waals surface area contributed by atoms with Gasteiger partial charge >= 0.3 is 0 Å². The average Bonchev–Trinajstić information content (AvgIpc) is 3.42. The van der Waals surface area contributed by atoms with Gasteiger partial charge in [0.15, 0.2) is 0 Å². The maximum Gasteiger partial charge on any atom is 0.211 e. The lowest BCUT2D eigenvalue weighted by Crippen LogP contribution is -2.08. The number of ketones is 1. The van der Waals surface area contributed by atoms with Crippen molar-refractivity contribution in [2.75, 3.05) is 12.3 Å². The van der Waals surface area contributed by atoms with Crippen molar-refractivity contribution in [3.05, 3.63) is 95.6 Å². The van der Waals surface area contributed by atoms with E-state index in [2.05, 4.69) is 0 Å². The van der Waals surface area contributed by atoms with Crippen molar-refractivity contribution in [2.45, 2.75) is 6.92 Å². The minimum absolute atomic E-state index is 0.141. The third kappa shape index (κ3) is 3.44. The molecule has 0 spiro atoms. The second-order valence-corrected chi connectivity index (χ2v) is 8.14. The maximum absolute atomic E-state index is 13.5. The predicted octanol–water partition coefficient (Wildman–Crippen LogP) is 5.94. The van der Waals surface area contributed by atoms with Crippen LogP contribution < -0.4 is 10.5 Å². The summed E-state index contributed by atoms with van der Waals surface area (Å²) < 4.78 is 7.35. The number of hydrogen-bond donors (Lipinski definition) is 1. The molecule has 2 aromatic carbocycles. The van der Waals surface area contributed by atoms with Gasteiger partial charge in [-0.2, -0.15) is 0 Å². The molecule has 0 fully saturated rings. The van der Waals surface area contributed by atoms with Crippen LogP contribution in [0, 0.1) is 0 Å². The summed E-state index contributed by atoms with van der Waals surface area (Å²) in [4.78, 5) is 18.3. The Bertz CT molecular complexity index is 1400. The third-order valence-electron chi connectivity index (χ3n) is 5.31. The summed E-state index contributed by atoms with van der Waals surface area (Å²) in [6.45, 7) is 2.50. The zero-order chi connectivity index (χ0) is 22.1. The molecule has 2 N–H and O–H groups in total. The second-order valence-electron chi connectivity index (χ2n) is 7.28. The molecule has 0 saturated carbocycles. The normalized spacial score (nSPS) is 11.0. The third-order valence-corrected chi connectivity index (χ3v) is 6.17. The number of ether oxygens (including phenoxy) is 1. The summed E-state index contributed by atoms with van der Waals surface area (Å²) in [7, 11) is 0. The molecule has 0 bridgehead atoms. The Morgan fingerprint density at radius 1 is 1.03 bits per heavy atom. The molecule has 0 aliphatic heterocycles. The van der Waals surface area contributed by atoms with Gasteiger partial charge in [0.25, 0.3) is 0 Å². The highest BCUT2D eigenvalue weighted by Crippen LogP contribution is 2.39. The Labute approximate surface area is 189 Å². The molecule has 6 heteroatoms. The molecule has 0 amide bonds. The van der Waals surface area contributed by atoms with Crippen LogP contribution in [-0.2, 0) is 0 Å². The lowest BCUT2D eigenvalue weighted by Gasteiger charge is -2.06. The van der Waals surface area contributed by atoms with Crippen molar-refractivity contribution in [1.29, 1.82) is 0 Å². The molecule has 158 valence electrons. The molecule has 0 aliphatic carbocycles. The number of carbonyl (C=O) groups excluding carboxylic acids is 1. The molecule has 0 radical (unpaired) electrons. The van der Waals surface area contributed by atoms with Crippen LogP contribution in [0.3, 0.4) is 0 Å². The fourth-order valence-electron chi connectivity index (χ4n) is 3.82. The molecule has 0 unspecified atom stereocenters. The number of pyridine rings is 1. The first-order valence-electron chi connectivity index (χ1n) is 10.3. The highest BCUT2D eigenvalue weighted by atomic mass is 32.1. The van der Waals surface area contributed by atoms with Crippen LogP contribution in [0.2, 0.25) is 0 Å². The van der Waals surface area contributed by atoms with Crippen LogP contribution >= 0.6 is 11.3 Å². The molecule has 0 atom stereocenters. The maximum atomic E-state index is 13.5. The number of aromatic nitrogens is 2. The van der Waals surface area contributed by atoms with Crippen LogP contribution in [-0.4, -0.2) is 21.8 Å². The molecule has 0 saturated heterocycles. The lowest BCUT2D eigenvalue weighted by atomic mass is 10.1. The van der Waals surface area contributed by atoms with Crippen molar-refractivity contribution >= 4 is 28.3 Å². The highest BCUT2D eigenvalue weighted by molar-refractivity contribution is 7.13. The van der Waals surface area contributed by atoms with E-state index < -0.39 is 0 Å². The van der Waals surface area contributed by atoms with Crippen molar-refractivity contribution in [3.63, 3.8) is 0 Å². The zero-order valence-corrected chi connectivity index (χ0v) is 18.3. The molecule has 3 aromatic heterocycles. The number of nitrogens with zero attached hydrogens (tertiary/aromatic N) is 2. The predicted molar refractivity (Wildman–Crippen MR) is 129 cm³/mol. The molecule has 0 aliphatic rings. The minimum Gasteiger partial charge on any atom is -0.494 e. The van der Waals surface area contributed by atoms with Gasteiger partial charge < -0.3 is 14.9 Å². The van der Waals surface area contributed by atoms with Crippen molar-refractivity contribution in [2.24, 2.45) is 0 Å². The van der Waals surface area contributed by atoms with E-state index >= 15 is 0 Å². The molecule has 32 heavy (non-hydrogen) atoms. The first-order valence-corrected chi connectivity index (χ1v) is 11.2. The molecule has 5 rings (SSSR count). The Morgan fingerprint density at radius 2 is 1.78 bits per heavy atom. The van der Waals surface area contributed by atoms with Gasteiger partial charge in [-0.15, -0.1) is 11.3 Å². The van der Waals surface area contributed by atoms with E-state index in [0.717, 1.165) is 33.1 Å². The number of fused-ring (bicyclic) bond motifs is 1. The van der Waals surface area contributed by atoms with Gasteiger partial charge in [0, 0.05) is 22.7 Å². The minimum atomic E-state index is -0.141. The van der Waals surface area contributed by atoms with Crippen molar-refractivity contribution < 1.29 is 9.53 Å². The number of nitrogen functional groups attached to an aromatic ring is 1. The molecule has 5 nitrogen and oxygen atoms in total. The number of thiazole rings is 1. The van der Waals surface area contributed by atoms with Gasteiger partial charge in [-0.1, -0.05) is 36.4 Å². The monoisotopic (exact) mass is 439 g/mol. The van der Waals surface area contributed by atoms with E-state index in [0.29, 0.717) is 23.6 Å². The SMILES string of the molecule is CCOc1ccc(C(=O)c2c(N)c(-c3nc(-c4ccccc4)cs3)c3ccccn23)cc1. The van der Waals surface area contributed by atoms with Gasteiger partial charge in [-0.3, -0.25) is 4.79 Å². The van der Waals surface area contributed by atoms with Crippen molar-refractivity contribution in [1.82, 2.24) is 9.38 Å². The topological polar surface area (TPSA) is 69.6 Å². The Balaban J connectivity index is 1.61. The summed E-state index contributed by atoms with van der Waals surface area (Å²) in [6, 6.07) is 23.0. The summed E-state index contributed by atoms with van der Waals surface area (Å²) in [5.41, 5.74) is 11.6. The summed E-state index contributed by atoms with van der Waals surface area (Å²) >= 11 is 1.52. The van der Waals surface area contributed by atoms with Gasteiger partial charge in [-0.25, -0.2) is 4.98 Å². The molecule has 3 heterocycles. The second kappa shape index (κ2) is 8.32. The average molecular weight is 440 g/mol. The summed E-state index contributed by atoms with van der Waals surface area (Å²) in [6.07, 6.45) is 1.86. The number of carbonyl (C=O) groups is 1.